The van der Waals surface area contributed by atoms with Crippen molar-refractivity contribution in [3.8, 4) is 0 Å². The summed E-state index contributed by atoms with van der Waals surface area (Å²) in [6, 6.07) is 9.13. The highest BCUT2D eigenvalue weighted by Gasteiger charge is 2.06. The molecule has 19 heavy (non-hydrogen) atoms. The summed E-state index contributed by atoms with van der Waals surface area (Å²) >= 11 is 0. The first-order valence-corrected chi connectivity index (χ1v) is 5.91. The predicted octanol–water partition coefficient (Wildman–Crippen LogP) is 0.631. The average Bonchev–Trinajstić information content (AvgIpc) is 2.37. The van der Waals surface area contributed by atoms with Crippen LogP contribution in [0.2, 0.25) is 0 Å². The van der Waals surface area contributed by atoms with Gasteiger partial charge in [-0.3, -0.25) is 25.2 Å². The molecular weight excluding hydrogens is 248 g/mol. The highest BCUT2D eigenvalue weighted by Crippen LogP contribution is 1.99. The number of carboxylic acid groups (broad SMARTS) is 1. The van der Waals surface area contributed by atoms with Crippen molar-refractivity contribution in [2.75, 3.05) is 0 Å². The molecule has 0 fully saturated rings. The molecule has 6 nitrogen and oxygen atoms in total. The Balaban J connectivity index is 2.19. The molecule has 2 amide bonds. The summed E-state index contributed by atoms with van der Waals surface area (Å²) < 4.78 is 0. The van der Waals surface area contributed by atoms with Gasteiger partial charge in [0.15, 0.2) is 0 Å². The first-order valence-electron chi connectivity index (χ1n) is 5.91. The fourth-order valence-corrected chi connectivity index (χ4v) is 1.43. The van der Waals surface area contributed by atoms with Gasteiger partial charge < -0.3 is 5.11 Å². The van der Waals surface area contributed by atoms with Gasteiger partial charge in [0.25, 0.3) is 0 Å². The minimum atomic E-state index is -0.944. The van der Waals surface area contributed by atoms with Crippen molar-refractivity contribution < 1.29 is 19.5 Å². The Morgan fingerprint density at radius 3 is 2.21 bits per heavy atom. The molecule has 3 N–H and O–H groups in total. The van der Waals surface area contributed by atoms with Gasteiger partial charge in [-0.2, -0.15) is 0 Å². The summed E-state index contributed by atoms with van der Waals surface area (Å²) in [5.74, 6) is -1.67. The highest BCUT2D eigenvalue weighted by molar-refractivity contribution is 5.83. The zero-order valence-electron chi connectivity index (χ0n) is 10.4. The fourth-order valence-electron chi connectivity index (χ4n) is 1.43. The van der Waals surface area contributed by atoms with Crippen molar-refractivity contribution in [1.82, 2.24) is 10.9 Å². The number of aliphatic carboxylic acids is 1. The second-order valence-electron chi connectivity index (χ2n) is 4.01. The summed E-state index contributed by atoms with van der Waals surface area (Å²) in [6.45, 7) is 0. The Morgan fingerprint density at radius 1 is 0.947 bits per heavy atom. The normalized spacial score (nSPS) is 9.68. The van der Waals surface area contributed by atoms with Crippen LogP contribution in [0, 0.1) is 0 Å². The molecule has 0 saturated carbocycles. The SMILES string of the molecule is O=C(O)CCCC(=O)NNC(=O)Cc1ccccc1. The fraction of sp³-hybridized carbons (Fsp3) is 0.308. The number of benzene rings is 1. The summed E-state index contributed by atoms with van der Waals surface area (Å²) in [5.41, 5.74) is 5.38. The molecule has 1 rings (SSSR count). The lowest BCUT2D eigenvalue weighted by molar-refractivity contribution is -0.137. The Morgan fingerprint density at radius 2 is 1.58 bits per heavy atom. The standard InChI is InChI=1S/C13H16N2O4/c16-11(7-4-8-13(18)19)14-15-12(17)9-10-5-2-1-3-6-10/h1-3,5-6H,4,7-9H2,(H,14,16)(H,15,17)(H,18,19). The molecule has 0 heterocycles. The lowest BCUT2D eigenvalue weighted by Crippen LogP contribution is -2.42. The van der Waals surface area contributed by atoms with E-state index in [-0.39, 0.29) is 31.6 Å². The number of amides is 2. The van der Waals surface area contributed by atoms with Crippen LogP contribution in [0.3, 0.4) is 0 Å². The molecule has 0 unspecified atom stereocenters. The smallest absolute Gasteiger partial charge is 0.303 e. The van der Waals surface area contributed by atoms with Gasteiger partial charge in [-0.15, -0.1) is 0 Å². The van der Waals surface area contributed by atoms with E-state index in [2.05, 4.69) is 10.9 Å². The third-order valence-electron chi connectivity index (χ3n) is 2.34. The summed E-state index contributed by atoms with van der Waals surface area (Å²) in [4.78, 5) is 33.0. The number of carbonyl (C=O) groups excluding carboxylic acids is 2. The number of hydrazine groups is 1. The third kappa shape index (κ3) is 6.82. The van der Waals surface area contributed by atoms with Crippen LogP contribution in [-0.4, -0.2) is 22.9 Å². The van der Waals surface area contributed by atoms with Crippen LogP contribution >= 0.6 is 0 Å². The van der Waals surface area contributed by atoms with Crippen molar-refractivity contribution in [3.05, 3.63) is 35.9 Å². The molecular formula is C13H16N2O4. The molecule has 6 heteroatoms. The molecule has 0 bridgehead atoms. The Labute approximate surface area is 110 Å². The zero-order chi connectivity index (χ0) is 14.1. The van der Waals surface area contributed by atoms with Gasteiger partial charge in [0.2, 0.25) is 11.8 Å². The van der Waals surface area contributed by atoms with E-state index < -0.39 is 11.9 Å². The van der Waals surface area contributed by atoms with E-state index >= 15 is 0 Å². The average molecular weight is 264 g/mol. The summed E-state index contributed by atoms with van der Waals surface area (Å²) in [6.07, 6.45) is 0.426. The van der Waals surface area contributed by atoms with E-state index in [1.807, 2.05) is 30.3 Å². The van der Waals surface area contributed by atoms with Crippen molar-refractivity contribution in [2.45, 2.75) is 25.7 Å². The van der Waals surface area contributed by atoms with E-state index in [0.29, 0.717) is 0 Å². The molecule has 0 radical (unpaired) electrons. The molecule has 0 aromatic heterocycles. The van der Waals surface area contributed by atoms with E-state index in [1.165, 1.54) is 0 Å². The molecule has 0 atom stereocenters. The first-order chi connectivity index (χ1) is 9.08. The third-order valence-corrected chi connectivity index (χ3v) is 2.34. The number of hydrogen-bond donors (Lipinski definition) is 3. The van der Waals surface area contributed by atoms with Crippen molar-refractivity contribution >= 4 is 17.8 Å². The molecule has 0 saturated heterocycles. The van der Waals surface area contributed by atoms with E-state index in [4.69, 9.17) is 5.11 Å². The molecule has 1 aromatic carbocycles. The number of carboxylic acids is 1. The molecule has 0 aliphatic heterocycles. The Kier molecular flexibility index (Phi) is 6.08. The Hall–Kier alpha value is -2.37. The molecule has 102 valence electrons. The van der Waals surface area contributed by atoms with Crippen LogP contribution in [0.15, 0.2) is 30.3 Å². The van der Waals surface area contributed by atoms with E-state index in [9.17, 15) is 14.4 Å². The summed E-state index contributed by atoms with van der Waals surface area (Å²) in [7, 11) is 0. The minimum Gasteiger partial charge on any atom is -0.481 e. The van der Waals surface area contributed by atoms with Crippen molar-refractivity contribution in [3.63, 3.8) is 0 Å². The van der Waals surface area contributed by atoms with Gasteiger partial charge in [-0.1, -0.05) is 30.3 Å². The minimum absolute atomic E-state index is 0.0641. The van der Waals surface area contributed by atoms with Gasteiger partial charge in [0.05, 0.1) is 6.42 Å². The van der Waals surface area contributed by atoms with Crippen molar-refractivity contribution in [1.29, 1.82) is 0 Å². The maximum Gasteiger partial charge on any atom is 0.303 e. The van der Waals surface area contributed by atoms with E-state index in [1.54, 1.807) is 0 Å². The lowest BCUT2D eigenvalue weighted by Gasteiger charge is -2.06. The highest BCUT2D eigenvalue weighted by atomic mass is 16.4. The topological polar surface area (TPSA) is 95.5 Å². The monoisotopic (exact) mass is 264 g/mol. The Bertz CT molecular complexity index is 445. The molecule has 0 spiro atoms. The van der Waals surface area contributed by atoms with Crippen LogP contribution in [0.4, 0.5) is 0 Å². The predicted molar refractivity (Wildman–Crippen MR) is 67.9 cm³/mol. The maximum absolute atomic E-state index is 11.5. The second kappa shape index (κ2) is 7.86. The lowest BCUT2D eigenvalue weighted by atomic mass is 10.1. The first kappa shape index (κ1) is 14.7. The number of carbonyl (C=O) groups is 3. The van der Waals surface area contributed by atoms with Gasteiger partial charge in [0, 0.05) is 12.8 Å². The quantitative estimate of drug-likeness (QED) is 0.657. The van der Waals surface area contributed by atoms with Crippen LogP contribution in [-0.2, 0) is 20.8 Å². The number of rotatable bonds is 6. The zero-order valence-corrected chi connectivity index (χ0v) is 10.4. The van der Waals surface area contributed by atoms with Gasteiger partial charge in [0.1, 0.15) is 0 Å². The second-order valence-corrected chi connectivity index (χ2v) is 4.01. The van der Waals surface area contributed by atoms with E-state index in [0.717, 1.165) is 5.56 Å². The van der Waals surface area contributed by atoms with Crippen LogP contribution in [0.25, 0.3) is 0 Å². The molecule has 0 aliphatic rings. The molecule has 1 aromatic rings. The largest absolute Gasteiger partial charge is 0.481 e. The van der Waals surface area contributed by atoms with Crippen LogP contribution < -0.4 is 10.9 Å². The summed E-state index contributed by atoms with van der Waals surface area (Å²) in [5, 5.41) is 8.41. The van der Waals surface area contributed by atoms with Crippen LogP contribution in [0.1, 0.15) is 24.8 Å². The number of nitrogens with one attached hydrogen (secondary N) is 2. The number of hydrogen-bond acceptors (Lipinski definition) is 3. The van der Waals surface area contributed by atoms with Crippen molar-refractivity contribution in [2.24, 2.45) is 0 Å². The van der Waals surface area contributed by atoms with Gasteiger partial charge in [-0.05, 0) is 12.0 Å². The maximum atomic E-state index is 11.5. The van der Waals surface area contributed by atoms with Crippen LogP contribution in [0.5, 0.6) is 0 Å². The molecule has 0 aliphatic carbocycles. The van der Waals surface area contributed by atoms with Gasteiger partial charge >= 0.3 is 5.97 Å². The van der Waals surface area contributed by atoms with Gasteiger partial charge in [-0.25, -0.2) is 0 Å².